The number of aliphatic hydroxyl groups excluding tert-OH is 1. The second-order valence-corrected chi connectivity index (χ2v) is 4.96. The molecule has 0 bridgehead atoms. The molecular formula is C14H18F2O. The van der Waals surface area contributed by atoms with Crippen molar-refractivity contribution in [3.05, 3.63) is 35.4 Å². The lowest BCUT2D eigenvalue weighted by Gasteiger charge is -2.33. The van der Waals surface area contributed by atoms with Gasteiger partial charge in [-0.3, -0.25) is 0 Å². The van der Waals surface area contributed by atoms with Crippen molar-refractivity contribution < 1.29 is 13.9 Å². The zero-order valence-corrected chi connectivity index (χ0v) is 10.0. The fourth-order valence-electron chi connectivity index (χ4n) is 2.98. The molecule has 3 heteroatoms. The Hall–Kier alpha value is -0.960. The molecular weight excluding hydrogens is 222 g/mol. The molecule has 0 spiro atoms. The van der Waals surface area contributed by atoms with Crippen LogP contribution in [0.1, 0.15) is 50.7 Å². The highest BCUT2D eigenvalue weighted by Gasteiger charge is 2.41. The molecule has 1 atom stereocenters. The van der Waals surface area contributed by atoms with Crippen LogP contribution in [0.15, 0.2) is 18.2 Å². The van der Waals surface area contributed by atoms with Crippen LogP contribution in [-0.2, 0) is 0 Å². The summed E-state index contributed by atoms with van der Waals surface area (Å²) in [7, 11) is 0. The molecule has 1 aromatic rings. The molecule has 94 valence electrons. The van der Waals surface area contributed by atoms with Gasteiger partial charge in [0.1, 0.15) is 11.6 Å². The smallest absolute Gasteiger partial charge is 0.131 e. The van der Waals surface area contributed by atoms with Gasteiger partial charge in [0.15, 0.2) is 0 Å². The summed E-state index contributed by atoms with van der Waals surface area (Å²) in [6.45, 7) is 1.98. The molecule has 1 aliphatic rings. The minimum absolute atomic E-state index is 0.156. The van der Waals surface area contributed by atoms with Crippen molar-refractivity contribution in [3.8, 4) is 0 Å². The van der Waals surface area contributed by atoms with E-state index in [1.165, 1.54) is 18.2 Å². The first-order valence-corrected chi connectivity index (χ1v) is 6.23. The molecule has 1 aliphatic carbocycles. The van der Waals surface area contributed by atoms with Gasteiger partial charge in [-0.05, 0) is 31.4 Å². The Kier molecular flexibility index (Phi) is 3.48. The van der Waals surface area contributed by atoms with E-state index in [1.54, 1.807) is 0 Å². The summed E-state index contributed by atoms with van der Waals surface area (Å²) in [5.41, 5.74) is -0.500. The van der Waals surface area contributed by atoms with E-state index in [2.05, 4.69) is 0 Å². The molecule has 0 radical (unpaired) electrons. The molecule has 0 heterocycles. The molecule has 1 aromatic carbocycles. The maximum Gasteiger partial charge on any atom is 0.131 e. The average Bonchev–Trinajstić information content (AvgIpc) is 2.78. The Bertz CT molecular complexity index is 377. The Morgan fingerprint density at radius 3 is 2.24 bits per heavy atom. The maximum atomic E-state index is 13.7. The SMILES string of the molecule is CCC1(C(O)c2c(F)cccc2F)CCCC1. The molecule has 2 rings (SSSR count). The largest absolute Gasteiger partial charge is 0.388 e. The third kappa shape index (κ3) is 2.08. The van der Waals surface area contributed by atoms with Gasteiger partial charge in [0, 0.05) is 5.41 Å². The van der Waals surface area contributed by atoms with Crippen molar-refractivity contribution in [2.45, 2.75) is 45.1 Å². The topological polar surface area (TPSA) is 20.2 Å². The van der Waals surface area contributed by atoms with Crippen molar-refractivity contribution >= 4 is 0 Å². The Morgan fingerprint density at radius 2 is 1.76 bits per heavy atom. The predicted octanol–water partition coefficient (Wildman–Crippen LogP) is 3.97. The Balaban J connectivity index is 2.39. The standard InChI is InChI=1S/C14H18F2O/c1-2-14(8-3-4-9-14)13(17)12-10(15)6-5-7-11(12)16/h5-7,13,17H,2-4,8-9H2,1H3. The van der Waals surface area contributed by atoms with E-state index in [0.29, 0.717) is 0 Å². The van der Waals surface area contributed by atoms with Gasteiger partial charge in [0.2, 0.25) is 0 Å². The molecule has 17 heavy (non-hydrogen) atoms. The summed E-state index contributed by atoms with van der Waals surface area (Å²) < 4.78 is 27.3. The first-order chi connectivity index (χ1) is 8.10. The number of benzene rings is 1. The maximum absolute atomic E-state index is 13.7. The van der Waals surface area contributed by atoms with Crippen LogP contribution in [0, 0.1) is 17.0 Å². The monoisotopic (exact) mass is 240 g/mol. The van der Waals surface area contributed by atoms with Crippen LogP contribution in [0.25, 0.3) is 0 Å². The highest BCUT2D eigenvalue weighted by Crippen LogP contribution is 2.50. The molecule has 1 unspecified atom stereocenters. The summed E-state index contributed by atoms with van der Waals surface area (Å²) in [5.74, 6) is -1.28. The van der Waals surface area contributed by atoms with Gasteiger partial charge in [0.25, 0.3) is 0 Å². The minimum Gasteiger partial charge on any atom is -0.388 e. The lowest BCUT2D eigenvalue weighted by molar-refractivity contribution is 0.0183. The molecule has 0 amide bonds. The van der Waals surface area contributed by atoms with E-state index in [9.17, 15) is 13.9 Å². The van der Waals surface area contributed by atoms with E-state index in [0.717, 1.165) is 32.1 Å². The van der Waals surface area contributed by atoms with Crippen molar-refractivity contribution in [3.63, 3.8) is 0 Å². The van der Waals surface area contributed by atoms with E-state index >= 15 is 0 Å². The summed E-state index contributed by atoms with van der Waals surface area (Å²) in [6, 6.07) is 3.74. The molecule has 0 aromatic heterocycles. The summed E-state index contributed by atoms with van der Waals surface area (Å²) in [5, 5.41) is 10.4. The lowest BCUT2D eigenvalue weighted by Crippen LogP contribution is -2.26. The van der Waals surface area contributed by atoms with Crippen LogP contribution in [0.2, 0.25) is 0 Å². The molecule has 1 fully saturated rings. The number of halogens is 2. The second-order valence-electron chi connectivity index (χ2n) is 4.96. The fourth-order valence-corrected chi connectivity index (χ4v) is 2.98. The number of hydrogen-bond acceptors (Lipinski definition) is 1. The molecule has 1 saturated carbocycles. The molecule has 0 aliphatic heterocycles. The fraction of sp³-hybridized carbons (Fsp3) is 0.571. The van der Waals surface area contributed by atoms with Crippen LogP contribution in [0.5, 0.6) is 0 Å². The van der Waals surface area contributed by atoms with E-state index in [-0.39, 0.29) is 11.0 Å². The first kappa shape index (κ1) is 12.5. The molecule has 1 N–H and O–H groups in total. The molecule has 1 nitrogen and oxygen atoms in total. The average molecular weight is 240 g/mol. The number of aliphatic hydroxyl groups is 1. The third-order valence-corrected chi connectivity index (χ3v) is 4.16. The van der Waals surface area contributed by atoms with Gasteiger partial charge in [0.05, 0.1) is 11.7 Å². The predicted molar refractivity (Wildman–Crippen MR) is 62.5 cm³/mol. The van der Waals surface area contributed by atoms with E-state index in [4.69, 9.17) is 0 Å². The third-order valence-electron chi connectivity index (χ3n) is 4.16. The quantitative estimate of drug-likeness (QED) is 0.847. The van der Waals surface area contributed by atoms with Gasteiger partial charge >= 0.3 is 0 Å². The lowest BCUT2D eigenvalue weighted by atomic mass is 9.75. The highest BCUT2D eigenvalue weighted by molar-refractivity contribution is 5.24. The van der Waals surface area contributed by atoms with Crippen LogP contribution >= 0.6 is 0 Å². The van der Waals surface area contributed by atoms with Gasteiger partial charge in [-0.2, -0.15) is 0 Å². The van der Waals surface area contributed by atoms with Crippen molar-refractivity contribution in [1.29, 1.82) is 0 Å². The normalized spacial score (nSPS) is 20.5. The van der Waals surface area contributed by atoms with Crippen LogP contribution < -0.4 is 0 Å². The van der Waals surface area contributed by atoms with Gasteiger partial charge in [-0.25, -0.2) is 8.78 Å². The van der Waals surface area contributed by atoms with Crippen molar-refractivity contribution in [2.24, 2.45) is 5.41 Å². The van der Waals surface area contributed by atoms with E-state index in [1.807, 2.05) is 6.92 Å². The zero-order valence-electron chi connectivity index (χ0n) is 10.0. The van der Waals surface area contributed by atoms with Crippen molar-refractivity contribution in [2.75, 3.05) is 0 Å². The van der Waals surface area contributed by atoms with Gasteiger partial charge in [-0.1, -0.05) is 25.8 Å². The Morgan fingerprint density at radius 1 is 1.24 bits per heavy atom. The minimum atomic E-state index is -1.03. The highest BCUT2D eigenvalue weighted by atomic mass is 19.1. The molecule has 0 saturated heterocycles. The van der Waals surface area contributed by atoms with Crippen LogP contribution in [0.3, 0.4) is 0 Å². The summed E-state index contributed by atoms with van der Waals surface area (Å²) >= 11 is 0. The summed E-state index contributed by atoms with van der Waals surface area (Å²) in [6.07, 6.45) is 3.47. The second kappa shape index (κ2) is 4.73. The van der Waals surface area contributed by atoms with Gasteiger partial charge in [-0.15, -0.1) is 0 Å². The Labute approximate surface area is 100 Å². The van der Waals surface area contributed by atoms with Gasteiger partial charge < -0.3 is 5.11 Å². The summed E-state index contributed by atoms with van der Waals surface area (Å²) in [4.78, 5) is 0. The van der Waals surface area contributed by atoms with Crippen LogP contribution in [-0.4, -0.2) is 5.11 Å². The van der Waals surface area contributed by atoms with Crippen molar-refractivity contribution in [1.82, 2.24) is 0 Å². The number of rotatable bonds is 3. The zero-order chi connectivity index (χ0) is 12.5. The van der Waals surface area contributed by atoms with E-state index < -0.39 is 17.7 Å². The number of hydrogen-bond donors (Lipinski definition) is 1. The van der Waals surface area contributed by atoms with Crippen LogP contribution in [0.4, 0.5) is 8.78 Å². The first-order valence-electron chi connectivity index (χ1n) is 6.23.